The molecule has 0 unspecified atom stereocenters. The molecule has 0 aliphatic carbocycles. The Morgan fingerprint density at radius 2 is 1.20 bits per heavy atom. The van der Waals surface area contributed by atoms with E-state index in [2.05, 4.69) is 0 Å². The van der Waals surface area contributed by atoms with Gasteiger partial charge in [0, 0.05) is 26.2 Å². The minimum atomic E-state index is 0. The normalized spacial score (nSPS) is 1.20. The summed E-state index contributed by atoms with van der Waals surface area (Å²) in [5.41, 5.74) is 0. The minimum absolute atomic E-state index is 0. The Morgan fingerprint density at radius 3 is 1.20 bits per heavy atom. The molecule has 5 heavy (non-hydrogen) atoms. The molecule has 0 rings (SSSR count). The summed E-state index contributed by atoms with van der Waals surface area (Å²) in [5.74, 6) is 0. The smallest absolute Gasteiger partial charge is 0 e. The van der Waals surface area contributed by atoms with Crippen LogP contribution >= 0.6 is 0 Å². The first-order chi connectivity index (χ1) is 1.00. The minimum Gasteiger partial charge on any atom is 0 e. The maximum absolute atomic E-state index is 8.38. The van der Waals surface area contributed by atoms with Gasteiger partial charge in [0.25, 0.3) is 0 Å². The third-order valence-corrected chi connectivity index (χ3v) is 0. The van der Waals surface area contributed by atoms with Crippen LogP contribution in [0.1, 0.15) is 0 Å². The van der Waals surface area contributed by atoms with Crippen LogP contribution in [0.25, 0.3) is 0 Å². The second-order valence-electron chi connectivity index (χ2n) is 0. The van der Waals surface area contributed by atoms with Crippen molar-refractivity contribution in [1.29, 1.82) is 0 Å². The largest absolute Gasteiger partial charge is 0 e. The van der Waals surface area contributed by atoms with Gasteiger partial charge in [-0.15, -0.1) is 0 Å². The molecular weight excluding hydrogens is 406 g/mol. The van der Waals surface area contributed by atoms with E-state index in [1.165, 1.54) is 0 Å². The summed E-state index contributed by atoms with van der Waals surface area (Å²) in [7, 11) is 0. The van der Waals surface area contributed by atoms with Crippen molar-refractivity contribution in [3.05, 3.63) is 0 Å². The van der Waals surface area contributed by atoms with Crippen LogP contribution in [-0.2, 0) is 48.0 Å². The van der Waals surface area contributed by atoms with E-state index in [0.29, 0.717) is 0 Å². The first-order valence-electron chi connectivity index (χ1n) is 0.289. The fourth-order valence-electron chi connectivity index (χ4n) is 0. The first-order valence-corrected chi connectivity index (χ1v) is 1.50. The molecule has 5 heteroatoms. The molecule has 0 aliphatic rings. The van der Waals surface area contributed by atoms with Gasteiger partial charge in [-0.05, 0) is 0 Å². The zero-order valence-corrected chi connectivity index (χ0v) is 11.8. The van der Waals surface area contributed by atoms with Gasteiger partial charge in [0.05, 0.1) is 0 Å². The Bertz CT molecular complexity index is 11.6. The molecule has 0 aliphatic heterocycles. The predicted octanol–water partition coefficient (Wildman–Crippen LogP) is -2.22. The Balaban J connectivity index is -0.00000000167. The molecule has 0 saturated carbocycles. The van der Waals surface area contributed by atoms with Crippen molar-refractivity contribution in [2.45, 2.75) is 0 Å². The average molecular weight is 411 g/mol. The number of hydrogen-bond donors (Lipinski definition) is 0. The molecule has 0 aromatic heterocycles. The fourth-order valence-corrected chi connectivity index (χ4v) is 0. The van der Waals surface area contributed by atoms with Crippen LogP contribution in [0.5, 0.6) is 0 Å². The van der Waals surface area contributed by atoms with Crippen LogP contribution in [0.3, 0.4) is 0 Å². The van der Waals surface area contributed by atoms with Gasteiger partial charge in [0.15, 0.2) is 0 Å². The number of rotatable bonds is 0. The molecular formula is H5InOSnZnZr. The Morgan fingerprint density at radius 1 is 1.20 bits per heavy atom. The van der Waals surface area contributed by atoms with E-state index in [-0.39, 0.29) is 94.2 Å². The van der Waals surface area contributed by atoms with E-state index in [0.717, 1.165) is 0 Å². The molecule has 0 spiro atoms. The zero-order valence-electron chi connectivity index (χ0n) is 2.32. The summed E-state index contributed by atoms with van der Waals surface area (Å²) in [6.45, 7) is 0. The van der Waals surface area contributed by atoms with E-state index >= 15 is 0 Å². The second kappa shape index (κ2) is 28.1. The van der Waals surface area contributed by atoms with E-state index in [9.17, 15) is 0 Å². The molecule has 0 heterocycles. The Kier molecular flexibility index (Phi) is 138. The third-order valence-electron chi connectivity index (χ3n) is 0. The summed E-state index contributed by atoms with van der Waals surface area (Å²) in [4.78, 5) is 0. The molecule has 1 nitrogen and oxygen atoms in total. The van der Waals surface area contributed by atoms with Crippen molar-refractivity contribution in [2.24, 2.45) is 0 Å². The van der Waals surface area contributed by atoms with Crippen LogP contribution in [0.15, 0.2) is 0 Å². The monoisotopic (exact) mass is 410 g/mol. The summed E-state index contributed by atoms with van der Waals surface area (Å²) >= 11 is 0.125. The van der Waals surface area contributed by atoms with Gasteiger partial charge in [-0.2, -0.15) is 0 Å². The van der Waals surface area contributed by atoms with Crippen LogP contribution in [0.2, 0.25) is 0 Å². The molecule has 24 valence electrons. The summed E-state index contributed by atoms with van der Waals surface area (Å²) in [6, 6.07) is 0. The van der Waals surface area contributed by atoms with Crippen molar-refractivity contribution in [3.63, 3.8) is 0 Å². The van der Waals surface area contributed by atoms with Crippen LogP contribution in [0.4, 0.5) is 0 Å². The van der Waals surface area contributed by atoms with Crippen molar-refractivity contribution in [2.75, 3.05) is 0 Å². The van der Waals surface area contributed by atoms with Crippen LogP contribution < -0.4 is 0 Å². The molecule has 0 saturated heterocycles. The van der Waals surface area contributed by atoms with Gasteiger partial charge < -0.3 is 0 Å². The van der Waals surface area contributed by atoms with Crippen molar-refractivity contribution in [1.82, 2.24) is 0 Å². The maximum Gasteiger partial charge on any atom is 0 e. The van der Waals surface area contributed by atoms with E-state index < -0.39 is 0 Å². The van der Waals surface area contributed by atoms with E-state index in [4.69, 9.17) is 3.57 Å². The maximum atomic E-state index is 8.38. The standard InChI is InChI=1S/In.O.Sn.Zn.Zr.5H. The van der Waals surface area contributed by atoms with Crippen LogP contribution in [0, 0.1) is 0 Å². The SMILES string of the molecule is [InH3].[O]=[Zn].[SnH2].[Zr]. The average Bonchev–Trinajstić information content (AvgIpc) is 1.00. The van der Waals surface area contributed by atoms with E-state index in [1.54, 1.807) is 0 Å². The molecule has 2 radical (unpaired) electrons. The number of hydrogen-bond acceptors (Lipinski definition) is 1. The molecule has 0 N–H and O–H groups in total. The first kappa shape index (κ1) is 24.6. The third kappa shape index (κ3) is 19.5. The molecule has 0 aromatic rings. The van der Waals surface area contributed by atoms with Crippen molar-refractivity contribution < 1.29 is 48.0 Å². The predicted molar refractivity (Wildman–Crippen MR) is 19.2 cm³/mol. The molecule has 0 bridgehead atoms. The van der Waals surface area contributed by atoms with Crippen molar-refractivity contribution in [3.8, 4) is 0 Å². The topological polar surface area (TPSA) is 17.1 Å². The zero-order chi connectivity index (χ0) is 2.00. The second-order valence-corrected chi connectivity index (χ2v) is 0. The van der Waals surface area contributed by atoms with Crippen molar-refractivity contribution >= 4 is 49.8 Å². The summed E-state index contributed by atoms with van der Waals surface area (Å²) in [5, 5.41) is 0. The Hall–Kier alpha value is 2.98. The molecule has 0 amide bonds. The van der Waals surface area contributed by atoms with Gasteiger partial charge in [-0.1, -0.05) is 0 Å². The molecule has 0 atom stereocenters. The molecule has 0 fully saturated rings. The summed E-state index contributed by atoms with van der Waals surface area (Å²) in [6.07, 6.45) is 0. The quantitative estimate of drug-likeness (QED) is 0.413. The molecule has 0 aromatic carbocycles. The van der Waals surface area contributed by atoms with Gasteiger partial charge in [0.2, 0.25) is 0 Å². The van der Waals surface area contributed by atoms with Crippen LogP contribution in [-0.4, -0.2) is 49.8 Å². The van der Waals surface area contributed by atoms with Gasteiger partial charge in [0.1, 0.15) is 0 Å². The van der Waals surface area contributed by atoms with Gasteiger partial charge >= 0.3 is 71.6 Å². The Labute approximate surface area is 95.8 Å². The van der Waals surface area contributed by atoms with Gasteiger partial charge in [-0.25, -0.2) is 0 Å². The summed E-state index contributed by atoms with van der Waals surface area (Å²) < 4.78 is 8.38. The fraction of sp³-hybridized carbons (Fsp3) is 0. The van der Waals surface area contributed by atoms with E-state index in [1.807, 2.05) is 0 Å². The van der Waals surface area contributed by atoms with Gasteiger partial charge in [-0.3, -0.25) is 0 Å².